The van der Waals surface area contributed by atoms with Gasteiger partial charge in [-0.1, -0.05) is 36.8 Å². The Morgan fingerprint density at radius 2 is 1.95 bits per heavy atom. The molecule has 0 aromatic heterocycles. The van der Waals surface area contributed by atoms with Crippen molar-refractivity contribution in [3.05, 3.63) is 35.9 Å². The van der Waals surface area contributed by atoms with Crippen molar-refractivity contribution < 1.29 is 14.7 Å². The van der Waals surface area contributed by atoms with Gasteiger partial charge < -0.3 is 10.4 Å². The number of rotatable bonds is 8. The van der Waals surface area contributed by atoms with Crippen LogP contribution in [0.4, 0.5) is 0 Å². The molecule has 1 saturated carbocycles. The number of carboxylic acids is 1. The van der Waals surface area contributed by atoms with Crippen molar-refractivity contribution >= 4 is 11.9 Å². The standard InChI is InChI=1S/C16H22N2O3/c19-15(17-9-16(20)21)12-18(11-14-7-4-8-14)10-13-5-2-1-3-6-13/h1-3,5-6,14H,4,7-12H2,(H,17,19)(H,20,21). The third-order valence-corrected chi connectivity index (χ3v) is 3.79. The summed E-state index contributed by atoms with van der Waals surface area (Å²) in [5, 5.41) is 11.0. The molecule has 0 atom stereocenters. The summed E-state index contributed by atoms with van der Waals surface area (Å²) < 4.78 is 0. The molecule has 5 heteroatoms. The van der Waals surface area contributed by atoms with Gasteiger partial charge in [0.2, 0.25) is 5.91 Å². The van der Waals surface area contributed by atoms with Gasteiger partial charge in [0.15, 0.2) is 0 Å². The minimum Gasteiger partial charge on any atom is -0.480 e. The second-order valence-electron chi connectivity index (χ2n) is 5.62. The molecule has 1 amide bonds. The monoisotopic (exact) mass is 290 g/mol. The van der Waals surface area contributed by atoms with E-state index in [1.54, 1.807) is 0 Å². The molecule has 0 heterocycles. The van der Waals surface area contributed by atoms with Crippen molar-refractivity contribution in [1.29, 1.82) is 0 Å². The third-order valence-electron chi connectivity index (χ3n) is 3.79. The molecule has 5 nitrogen and oxygen atoms in total. The van der Waals surface area contributed by atoms with E-state index in [-0.39, 0.29) is 19.0 Å². The molecule has 21 heavy (non-hydrogen) atoms. The van der Waals surface area contributed by atoms with Gasteiger partial charge in [-0.05, 0) is 24.3 Å². The van der Waals surface area contributed by atoms with Gasteiger partial charge in [0.1, 0.15) is 6.54 Å². The highest BCUT2D eigenvalue weighted by Crippen LogP contribution is 2.27. The molecule has 0 bridgehead atoms. The van der Waals surface area contributed by atoms with E-state index < -0.39 is 5.97 Å². The van der Waals surface area contributed by atoms with E-state index in [9.17, 15) is 9.59 Å². The number of benzene rings is 1. The molecule has 1 aromatic carbocycles. The summed E-state index contributed by atoms with van der Waals surface area (Å²) in [6.07, 6.45) is 3.72. The number of nitrogens with zero attached hydrogens (tertiary/aromatic N) is 1. The highest BCUT2D eigenvalue weighted by Gasteiger charge is 2.22. The van der Waals surface area contributed by atoms with Crippen LogP contribution in [0, 0.1) is 5.92 Å². The van der Waals surface area contributed by atoms with Crippen LogP contribution in [0.15, 0.2) is 30.3 Å². The molecule has 0 aliphatic heterocycles. The molecule has 0 saturated heterocycles. The Kier molecular flexibility index (Phi) is 5.75. The van der Waals surface area contributed by atoms with E-state index in [0.29, 0.717) is 5.92 Å². The number of carbonyl (C=O) groups is 2. The lowest BCUT2D eigenvalue weighted by molar-refractivity contribution is -0.138. The normalized spacial score (nSPS) is 14.7. The molecule has 0 unspecified atom stereocenters. The summed E-state index contributed by atoms with van der Waals surface area (Å²) in [5.41, 5.74) is 1.17. The number of hydrogen-bond acceptors (Lipinski definition) is 3. The molecule has 1 aliphatic rings. The molecule has 2 N–H and O–H groups in total. The van der Waals surface area contributed by atoms with E-state index >= 15 is 0 Å². The Hall–Kier alpha value is -1.88. The van der Waals surface area contributed by atoms with Crippen molar-refractivity contribution in [1.82, 2.24) is 10.2 Å². The van der Waals surface area contributed by atoms with Gasteiger partial charge in [-0.15, -0.1) is 0 Å². The van der Waals surface area contributed by atoms with Crippen molar-refractivity contribution in [3.63, 3.8) is 0 Å². The summed E-state index contributed by atoms with van der Waals surface area (Å²) in [5.74, 6) is -0.578. The molecule has 1 aromatic rings. The third kappa shape index (κ3) is 5.55. The minimum atomic E-state index is -1.02. The van der Waals surface area contributed by atoms with Crippen molar-refractivity contribution in [3.8, 4) is 0 Å². The van der Waals surface area contributed by atoms with Crippen LogP contribution in [-0.2, 0) is 16.1 Å². The van der Waals surface area contributed by atoms with E-state index in [0.717, 1.165) is 13.1 Å². The topological polar surface area (TPSA) is 69.6 Å². The van der Waals surface area contributed by atoms with Crippen LogP contribution < -0.4 is 5.32 Å². The quantitative estimate of drug-likeness (QED) is 0.761. The predicted molar refractivity (Wildman–Crippen MR) is 79.7 cm³/mol. The molecular weight excluding hydrogens is 268 g/mol. The summed E-state index contributed by atoms with van der Waals surface area (Å²) in [6.45, 7) is 1.55. The van der Waals surface area contributed by atoms with Gasteiger partial charge >= 0.3 is 5.97 Å². The second-order valence-corrected chi connectivity index (χ2v) is 5.62. The fourth-order valence-electron chi connectivity index (χ4n) is 2.50. The number of carbonyl (C=O) groups excluding carboxylic acids is 1. The lowest BCUT2D eigenvalue weighted by Crippen LogP contribution is -2.41. The highest BCUT2D eigenvalue weighted by atomic mass is 16.4. The Labute approximate surface area is 125 Å². The molecule has 0 radical (unpaired) electrons. The van der Waals surface area contributed by atoms with E-state index in [1.165, 1.54) is 24.8 Å². The number of amides is 1. The molecule has 1 fully saturated rings. The van der Waals surface area contributed by atoms with Crippen LogP contribution in [-0.4, -0.2) is 41.5 Å². The minimum absolute atomic E-state index is 0.229. The fraction of sp³-hybridized carbons (Fsp3) is 0.500. The first kappa shape index (κ1) is 15.5. The Balaban J connectivity index is 1.88. The van der Waals surface area contributed by atoms with E-state index in [1.807, 2.05) is 30.3 Å². The van der Waals surface area contributed by atoms with Crippen LogP contribution >= 0.6 is 0 Å². The van der Waals surface area contributed by atoms with E-state index in [4.69, 9.17) is 5.11 Å². The zero-order valence-corrected chi connectivity index (χ0v) is 12.1. The van der Waals surface area contributed by atoms with Crippen LogP contribution in [0.2, 0.25) is 0 Å². The number of aliphatic carboxylic acids is 1. The van der Waals surface area contributed by atoms with Gasteiger partial charge in [0, 0.05) is 13.1 Å². The molecule has 114 valence electrons. The van der Waals surface area contributed by atoms with Crippen LogP contribution in [0.5, 0.6) is 0 Å². The Morgan fingerprint density at radius 1 is 1.24 bits per heavy atom. The van der Waals surface area contributed by atoms with Gasteiger partial charge in [-0.2, -0.15) is 0 Å². The maximum absolute atomic E-state index is 11.8. The summed E-state index contributed by atoms with van der Waals surface area (Å²) in [6, 6.07) is 10.0. The second kappa shape index (κ2) is 7.78. The molecule has 0 spiro atoms. The van der Waals surface area contributed by atoms with Crippen molar-refractivity contribution in [2.75, 3.05) is 19.6 Å². The first-order valence-corrected chi connectivity index (χ1v) is 7.38. The number of carboxylic acid groups (broad SMARTS) is 1. The van der Waals surface area contributed by atoms with E-state index in [2.05, 4.69) is 10.2 Å². The first-order valence-electron chi connectivity index (χ1n) is 7.38. The Bertz CT molecular complexity index is 472. The lowest BCUT2D eigenvalue weighted by Gasteiger charge is -2.32. The maximum atomic E-state index is 11.8. The smallest absolute Gasteiger partial charge is 0.322 e. The van der Waals surface area contributed by atoms with Gasteiger partial charge in [0.05, 0.1) is 6.54 Å². The predicted octanol–water partition coefficient (Wildman–Crippen LogP) is 1.49. The van der Waals surface area contributed by atoms with Gasteiger partial charge in [0.25, 0.3) is 0 Å². The van der Waals surface area contributed by atoms with Crippen molar-refractivity contribution in [2.45, 2.75) is 25.8 Å². The highest BCUT2D eigenvalue weighted by molar-refractivity contribution is 5.82. The average Bonchev–Trinajstić information content (AvgIpc) is 2.41. The summed E-state index contributed by atoms with van der Waals surface area (Å²) in [4.78, 5) is 24.4. The number of hydrogen-bond donors (Lipinski definition) is 2. The summed E-state index contributed by atoms with van der Waals surface area (Å²) >= 11 is 0. The lowest BCUT2D eigenvalue weighted by atomic mass is 9.85. The zero-order chi connectivity index (χ0) is 15.1. The largest absolute Gasteiger partial charge is 0.480 e. The molecule has 1 aliphatic carbocycles. The zero-order valence-electron chi connectivity index (χ0n) is 12.1. The van der Waals surface area contributed by atoms with Crippen LogP contribution in [0.1, 0.15) is 24.8 Å². The maximum Gasteiger partial charge on any atom is 0.322 e. The average molecular weight is 290 g/mol. The SMILES string of the molecule is O=C(O)CNC(=O)CN(Cc1ccccc1)CC1CCC1. The number of nitrogens with one attached hydrogen (secondary N) is 1. The fourth-order valence-corrected chi connectivity index (χ4v) is 2.50. The summed E-state index contributed by atoms with van der Waals surface area (Å²) in [7, 11) is 0. The van der Waals surface area contributed by atoms with Crippen LogP contribution in [0.25, 0.3) is 0 Å². The molecular formula is C16H22N2O3. The first-order chi connectivity index (χ1) is 10.1. The molecule has 2 rings (SSSR count). The van der Waals surface area contributed by atoms with Gasteiger partial charge in [-0.25, -0.2) is 0 Å². The Morgan fingerprint density at radius 3 is 2.52 bits per heavy atom. The van der Waals surface area contributed by atoms with Crippen LogP contribution in [0.3, 0.4) is 0 Å². The van der Waals surface area contributed by atoms with Gasteiger partial charge in [-0.3, -0.25) is 14.5 Å². The van der Waals surface area contributed by atoms with Crippen molar-refractivity contribution in [2.24, 2.45) is 5.92 Å².